The molecule has 0 aromatic heterocycles. The van der Waals surface area contributed by atoms with E-state index in [4.69, 9.17) is 5.73 Å². The third-order valence-electron chi connectivity index (χ3n) is 1.75. The van der Waals surface area contributed by atoms with E-state index >= 15 is 0 Å². The quantitative estimate of drug-likeness (QED) is 0.619. The van der Waals surface area contributed by atoms with Crippen molar-refractivity contribution in [2.75, 3.05) is 6.61 Å². The summed E-state index contributed by atoms with van der Waals surface area (Å²) in [5.41, 5.74) is 5.19. The van der Waals surface area contributed by atoms with Crippen molar-refractivity contribution >= 4 is 17.9 Å². The van der Waals surface area contributed by atoms with Gasteiger partial charge in [0.2, 0.25) is 0 Å². The molecule has 1 aromatic rings. The van der Waals surface area contributed by atoms with Crippen LogP contribution in [0.1, 0.15) is 5.56 Å². The van der Waals surface area contributed by atoms with Gasteiger partial charge in [-0.25, -0.2) is 4.79 Å². The van der Waals surface area contributed by atoms with E-state index < -0.39 is 11.0 Å². The van der Waals surface area contributed by atoms with Gasteiger partial charge in [0.25, 0.3) is 5.69 Å². The van der Waals surface area contributed by atoms with Crippen molar-refractivity contribution in [2.45, 2.75) is 0 Å². The van der Waals surface area contributed by atoms with Crippen molar-refractivity contribution in [1.29, 1.82) is 0 Å². The first kappa shape index (κ1) is 11.7. The standard InChI is InChI=1S/C10H10N2O4/c11-10(13)16-7-3-5-8-4-1-2-6-9(8)12(14)15/h1-6H,7H2,(H2,11,13)/b5-3+. The molecule has 0 aliphatic carbocycles. The topological polar surface area (TPSA) is 95.5 Å². The molecule has 0 spiro atoms. The van der Waals surface area contributed by atoms with E-state index in [9.17, 15) is 14.9 Å². The first-order chi connectivity index (χ1) is 7.61. The molecule has 0 fully saturated rings. The average Bonchev–Trinajstić information content (AvgIpc) is 2.24. The summed E-state index contributed by atoms with van der Waals surface area (Å²) in [6.45, 7) is -0.0125. The number of rotatable bonds is 4. The van der Waals surface area contributed by atoms with Crippen LogP contribution in [0.15, 0.2) is 30.3 Å². The number of primary amides is 1. The van der Waals surface area contributed by atoms with Gasteiger partial charge in [0.1, 0.15) is 6.61 Å². The second-order valence-electron chi connectivity index (χ2n) is 2.85. The van der Waals surface area contributed by atoms with Gasteiger partial charge in [0.15, 0.2) is 0 Å². The Kier molecular flexibility index (Phi) is 4.02. The SMILES string of the molecule is NC(=O)OC/C=C/c1ccccc1[N+](=O)[O-]. The van der Waals surface area contributed by atoms with Gasteiger partial charge < -0.3 is 10.5 Å². The number of benzene rings is 1. The van der Waals surface area contributed by atoms with Crippen LogP contribution < -0.4 is 5.73 Å². The smallest absolute Gasteiger partial charge is 0.404 e. The summed E-state index contributed by atoms with van der Waals surface area (Å²) in [6, 6.07) is 6.25. The zero-order valence-electron chi connectivity index (χ0n) is 8.33. The molecule has 0 heterocycles. The number of carbonyl (C=O) groups is 1. The normalized spacial score (nSPS) is 10.2. The second-order valence-corrected chi connectivity index (χ2v) is 2.85. The zero-order chi connectivity index (χ0) is 12.0. The van der Waals surface area contributed by atoms with Crippen molar-refractivity contribution in [1.82, 2.24) is 0 Å². The third-order valence-corrected chi connectivity index (χ3v) is 1.75. The Hall–Kier alpha value is -2.37. The highest BCUT2D eigenvalue weighted by Crippen LogP contribution is 2.18. The summed E-state index contributed by atoms with van der Waals surface area (Å²) in [5, 5.41) is 10.6. The molecule has 16 heavy (non-hydrogen) atoms. The van der Waals surface area contributed by atoms with Gasteiger partial charge >= 0.3 is 6.09 Å². The van der Waals surface area contributed by atoms with E-state index in [-0.39, 0.29) is 12.3 Å². The number of nitrogens with zero attached hydrogens (tertiary/aromatic N) is 1. The van der Waals surface area contributed by atoms with Gasteiger partial charge in [0.05, 0.1) is 10.5 Å². The molecule has 84 valence electrons. The fraction of sp³-hybridized carbons (Fsp3) is 0.100. The molecular formula is C10H10N2O4. The molecule has 6 heteroatoms. The lowest BCUT2D eigenvalue weighted by Gasteiger charge is -1.97. The largest absolute Gasteiger partial charge is 0.445 e. The Morgan fingerprint density at radius 3 is 2.81 bits per heavy atom. The van der Waals surface area contributed by atoms with Crippen LogP contribution in [-0.2, 0) is 4.74 Å². The van der Waals surface area contributed by atoms with Crippen LogP contribution in [0.3, 0.4) is 0 Å². The summed E-state index contributed by atoms with van der Waals surface area (Å²) in [6.07, 6.45) is 2.10. The highest BCUT2D eigenvalue weighted by atomic mass is 16.6. The van der Waals surface area contributed by atoms with Gasteiger partial charge in [-0.15, -0.1) is 0 Å². The lowest BCUT2D eigenvalue weighted by Crippen LogP contribution is -2.12. The molecule has 0 saturated heterocycles. The molecule has 6 nitrogen and oxygen atoms in total. The van der Waals surface area contributed by atoms with Crippen molar-refractivity contribution in [3.8, 4) is 0 Å². The predicted octanol–water partition coefficient (Wildman–Crippen LogP) is 1.70. The lowest BCUT2D eigenvalue weighted by atomic mass is 10.1. The van der Waals surface area contributed by atoms with Crippen molar-refractivity contribution in [3.63, 3.8) is 0 Å². The second kappa shape index (κ2) is 5.50. The molecular weight excluding hydrogens is 212 g/mol. The Morgan fingerprint density at radius 2 is 2.19 bits per heavy atom. The maximum Gasteiger partial charge on any atom is 0.404 e. The Morgan fingerprint density at radius 1 is 1.50 bits per heavy atom. The number of nitrogens with two attached hydrogens (primary N) is 1. The Labute approximate surface area is 91.5 Å². The van der Waals surface area contributed by atoms with Crippen LogP contribution >= 0.6 is 0 Å². The van der Waals surface area contributed by atoms with E-state index in [1.807, 2.05) is 0 Å². The Balaban J connectivity index is 2.73. The monoisotopic (exact) mass is 222 g/mol. The highest BCUT2D eigenvalue weighted by Gasteiger charge is 2.08. The zero-order valence-corrected chi connectivity index (χ0v) is 8.33. The summed E-state index contributed by atoms with van der Waals surface area (Å²) >= 11 is 0. The molecule has 0 unspecified atom stereocenters. The first-order valence-corrected chi connectivity index (χ1v) is 4.43. The fourth-order valence-corrected chi connectivity index (χ4v) is 1.10. The molecule has 0 aliphatic rings. The molecule has 1 aromatic carbocycles. The molecule has 0 atom stereocenters. The molecule has 0 bridgehead atoms. The average molecular weight is 222 g/mol. The summed E-state index contributed by atoms with van der Waals surface area (Å²) in [7, 11) is 0. The lowest BCUT2D eigenvalue weighted by molar-refractivity contribution is -0.385. The number of nitro groups is 1. The molecule has 2 N–H and O–H groups in total. The van der Waals surface area contributed by atoms with Crippen molar-refractivity contribution < 1.29 is 14.5 Å². The number of hydrogen-bond donors (Lipinski definition) is 1. The predicted molar refractivity (Wildman–Crippen MR) is 57.7 cm³/mol. The highest BCUT2D eigenvalue weighted by molar-refractivity contribution is 5.65. The molecule has 1 amide bonds. The van der Waals surface area contributed by atoms with E-state index in [2.05, 4.69) is 4.74 Å². The maximum absolute atomic E-state index is 10.6. The van der Waals surface area contributed by atoms with Gasteiger partial charge in [-0.1, -0.05) is 12.1 Å². The third kappa shape index (κ3) is 3.41. The fourth-order valence-electron chi connectivity index (χ4n) is 1.10. The maximum atomic E-state index is 10.6. The molecule has 0 saturated carbocycles. The minimum Gasteiger partial charge on any atom is -0.445 e. The van der Waals surface area contributed by atoms with E-state index in [1.165, 1.54) is 18.2 Å². The van der Waals surface area contributed by atoms with Crippen molar-refractivity contribution in [2.24, 2.45) is 5.73 Å². The molecule has 0 aliphatic heterocycles. The van der Waals surface area contributed by atoms with E-state index in [0.717, 1.165) is 0 Å². The number of para-hydroxylation sites is 1. The Bertz CT molecular complexity index is 429. The van der Waals surface area contributed by atoms with Gasteiger partial charge in [-0.05, 0) is 18.2 Å². The summed E-state index contributed by atoms with van der Waals surface area (Å²) in [4.78, 5) is 20.4. The minimum atomic E-state index is -0.882. The molecule has 1 rings (SSSR count). The van der Waals surface area contributed by atoms with Gasteiger partial charge in [-0.2, -0.15) is 0 Å². The number of ether oxygens (including phenoxy) is 1. The van der Waals surface area contributed by atoms with Crippen LogP contribution in [0.2, 0.25) is 0 Å². The van der Waals surface area contributed by atoms with Crippen LogP contribution in [0, 0.1) is 10.1 Å². The summed E-state index contributed by atoms with van der Waals surface area (Å²) in [5.74, 6) is 0. The van der Waals surface area contributed by atoms with Crippen LogP contribution in [-0.4, -0.2) is 17.6 Å². The number of carbonyl (C=O) groups excluding carboxylic acids is 1. The van der Waals surface area contributed by atoms with Gasteiger partial charge in [-0.3, -0.25) is 10.1 Å². The van der Waals surface area contributed by atoms with Crippen LogP contribution in [0.4, 0.5) is 10.5 Å². The van der Waals surface area contributed by atoms with Crippen LogP contribution in [0.5, 0.6) is 0 Å². The minimum absolute atomic E-state index is 0.00201. The number of hydrogen-bond acceptors (Lipinski definition) is 4. The van der Waals surface area contributed by atoms with Gasteiger partial charge in [0, 0.05) is 6.07 Å². The summed E-state index contributed by atoms with van der Waals surface area (Å²) < 4.78 is 4.45. The van der Waals surface area contributed by atoms with E-state index in [1.54, 1.807) is 18.2 Å². The van der Waals surface area contributed by atoms with Crippen LogP contribution in [0.25, 0.3) is 6.08 Å². The first-order valence-electron chi connectivity index (χ1n) is 4.43. The van der Waals surface area contributed by atoms with E-state index in [0.29, 0.717) is 5.56 Å². The van der Waals surface area contributed by atoms with Crippen molar-refractivity contribution in [3.05, 3.63) is 46.0 Å². The number of nitro benzene ring substituents is 1. The number of amides is 1. The molecule has 0 radical (unpaired) electrons.